The van der Waals surface area contributed by atoms with E-state index in [-0.39, 0.29) is 18.1 Å². The quantitative estimate of drug-likeness (QED) is 0.268. The average Bonchev–Trinajstić information content (AvgIpc) is 3.45. The minimum atomic E-state index is -0.306. The van der Waals surface area contributed by atoms with E-state index in [1.807, 2.05) is 6.07 Å². The van der Waals surface area contributed by atoms with Gasteiger partial charge in [-0.15, -0.1) is 11.3 Å². The molecule has 8 rings (SSSR count). The van der Waals surface area contributed by atoms with Crippen molar-refractivity contribution in [3.05, 3.63) is 73.7 Å². The van der Waals surface area contributed by atoms with Crippen LogP contribution in [-0.4, -0.2) is 80.4 Å². The minimum Gasteiger partial charge on any atom is -0.392 e. The SMILES string of the molecule is C[C@H]1CN(C2COC2)CCN1c1cnc(Nc2cc(-c3ccnc(N4Cc5c(sc6c5CCCC6)C(=O)N4)c3CO)cn(C)c2=O)cn1. The predicted molar refractivity (Wildman–Crippen MR) is 184 cm³/mol. The lowest BCUT2D eigenvalue weighted by Crippen LogP contribution is -2.59. The van der Waals surface area contributed by atoms with E-state index in [0.717, 1.165) is 74.8 Å². The molecule has 4 aromatic heterocycles. The number of aliphatic hydroxyl groups is 1. The van der Waals surface area contributed by atoms with E-state index in [4.69, 9.17) is 4.74 Å². The number of rotatable bonds is 7. The lowest BCUT2D eigenvalue weighted by atomic mass is 9.94. The highest BCUT2D eigenvalue weighted by atomic mass is 32.1. The third kappa shape index (κ3) is 5.51. The van der Waals surface area contributed by atoms with Gasteiger partial charge in [-0.25, -0.2) is 15.0 Å². The van der Waals surface area contributed by atoms with Crippen LogP contribution >= 0.6 is 11.3 Å². The monoisotopic (exact) mass is 669 g/mol. The Morgan fingerprint density at radius 1 is 1.10 bits per heavy atom. The molecule has 0 saturated carbocycles. The first-order valence-corrected chi connectivity index (χ1v) is 17.4. The van der Waals surface area contributed by atoms with Gasteiger partial charge in [-0.05, 0) is 55.9 Å². The Hall–Kier alpha value is -4.37. The molecule has 0 radical (unpaired) electrons. The van der Waals surface area contributed by atoms with E-state index in [2.05, 4.69) is 42.4 Å². The number of anilines is 4. The first-order chi connectivity index (χ1) is 23.4. The number of amides is 1. The molecule has 4 aliphatic rings. The molecule has 2 saturated heterocycles. The van der Waals surface area contributed by atoms with E-state index >= 15 is 0 Å². The number of carbonyl (C=O) groups is 1. The normalized spacial score (nSPS) is 19.8. The maximum atomic E-state index is 13.3. The Morgan fingerprint density at radius 3 is 2.71 bits per heavy atom. The van der Waals surface area contributed by atoms with Gasteiger partial charge in [-0.1, -0.05) is 0 Å². The topological polar surface area (TPSA) is 141 Å². The van der Waals surface area contributed by atoms with Gasteiger partial charge in [0.15, 0.2) is 5.82 Å². The van der Waals surface area contributed by atoms with Crippen LogP contribution in [0.4, 0.5) is 23.1 Å². The number of aromatic nitrogens is 4. The summed E-state index contributed by atoms with van der Waals surface area (Å²) in [6, 6.07) is 4.38. The van der Waals surface area contributed by atoms with Crippen LogP contribution in [0.15, 0.2) is 41.7 Å². The molecule has 1 amide bonds. The fraction of sp³-hybridized carbons (Fsp3) is 0.441. The zero-order chi connectivity index (χ0) is 32.9. The first-order valence-electron chi connectivity index (χ1n) is 16.6. The summed E-state index contributed by atoms with van der Waals surface area (Å²) in [5.41, 5.74) is 7.42. The third-order valence-corrected chi connectivity index (χ3v) is 11.3. The minimum absolute atomic E-state index is 0.145. The molecule has 14 heteroatoms. The van der Waals surface area contributed by atoms with Crippen molar-refractivity contribution in [1.29, 1.82) is 0 Å². The highest BCUT2D eigenvalue weighted by molar-refractivity contribution is 7.14. The number of pyridine rings is 2. The van der Waals surface area contributed by atoms with E-state index in [1.54, 1.807) is 54.2 Å². The van der Waals surface area contributed by atoms with Crippen molar-refractivity contribution in [3.63, 3.8) is 0 Å². The molecule has 0 bridgehead atoms. The summed E-state index contributed by atoms with van der Waals surface area (Å²) in [6.45, 7) is 6.76. The van der Waals surface area contributed by atoms with Crippen molar-refractivity contribution < 1.29 is 14.6 Å². The second-order valence-corrected chi connectivity index (χ2v) is 14.1. The summed E-state index contributed by atoms with van der Waals surface area (Å²) in [6.07, 6.45) is 11.1. The van der Waals surface area contributed by atoms with Crippen LogP contribution in [0.5, 0.6) is 0 Å². The van der Waals surface area contributed by atoms with E-state index in [0.29, 0.717) is 52.6 Å². The molecule has 3 aliphatic heterocycles. The van der Waals surface area contributed by atoms with Crippen molar-refractivity contribution >= 4 is 40.4 Å². The molecule has 0 unspecified atom stereocenters. The Morgan fingerprint density at radius 2 is 1.96 bits per heavy atom. The van der Waals surface area contributed by atoms with Crippen molar-refractivity contribution in [2.75, 3.05) is 48.1 Å². The number of thiophene rings is 1. The summed E-state index contributed by atoms with van der Waals surface area (Å²) in [7, 11) is 1.69. The number of hydrogen-bond donors (Lipinski definition) is 3. The number of aryl methyl sites for hydroxylation is 2. The average molecular weight is 670 g/mol. The highest BCUT2D eigenvalue weighted by Crippen LogP contribution is 2.39. The molecule has 3 N–H and O–H groups in total. The van der Waals surface area contributed by atoms with E-state index in [1.165, 1.54) is 15.0 Å². The van der Waals surface area contributed by atoms with Gasteiger partial charge < -0.3 is 24.6 Å². The number of hydrazine groups is 1. The number of hydrogen-bond acceptors (Lipinski definition) is 12. The van der Waals surface area contributed by atoms with Crippen LogP contribution in [0, 0.1) is 0 Å². The van der Waals surface area contributed by atoms with Gasteiger partial charge in [0, 0.05) is 66.7 Å². The van der Waals surface area contributed by atoms with Crippen LogP contribution in [0.1, 0.15) is 51.0 Å². The first kappa shape index (κ1) is 30.9. The summed E-state index contributed by atoms with van der Waals surface area (Å²) in [5, 5.41) is 15.6. The number of aliphatic hydroxyl groups excluding tert-OH is 1. The largest absolute Gasteiger partial charge is 0.392 e. The zero-order valence-electron chi connectivity index (χ0n) is 27.1. The van der Waals surface area contributed by atoms with Gasteiger partial charge in [-0.2, -0.15) is 0 Å². The second kappa shape index (κ2) is 12.6. The number of nitrogens with one attached hydrogen (secondary N) is 2. The van der Waals surface area contributed by atoms with Gasteiger partial charge in [-0.3, -0.25) is 24.9 Å². The highest BCUT2D eigenvalue weighted by Gasteiger charge is 2.34. The fourth-order valence-corrected chi connectivity index (χ4v) is 8.62. The fourth-order valence-electron chi connectivity index (χ4n) is 7.33. The molecule has 2 fully saturated rings. The lowest BCUT2D eigenvalue weighted by Gasteiger charge is -2.46. The van der Waals surface area contributed by atoms with Gasteiger partial charge in [0.2, 0.25) is 0 Å². The molecule has 0 aromatic carbocycles. The Balaban J connectivity index is 1.04. The van der Waals surface area contributed by atoms with Crippen molar-refractivity contribution in [3.8, 4) is 11.1 Å². The van der Waals surface area contributed by atoms with Gasteiger partial charge in [0.25, 0.3) is 11.5 Å². The Bertz CT molecular complexity index is 1920. The Kier molecular flexibility index (Phi) is 8.11. The molecule has 4 aromatic rings. The summed E-state index contributed by atoms with van der Waals surface area (Å²) in [5.74, 6) is 1.59. The molecular formula is C34H39N9O4S. The van der Waals surface area contributed by atoms with Crippen LogP contribution in [0.25, 0.3) is 11.1 Å². The van der Waals surface area contributed by atoms with Crippen LogP contribution in [0.3, 0.4) is 0 Å². The molecule has 250 valence electrons. The standard InChI is InChI=1S/C34H39N9O4S/c1-20-14-41(22-18-47-19-22)9-10-42(20)30-13-36-29(12-37-30)38-27-11-21(15-40(2)34(27)46)23-7-8-35-32(26(23)17-44)43-16-25-24-5-3-4-6-28(24)48-31(25)33(45)39-43/h7-8,11-13,15,20,22,44H,3-6,9-10,14,16-19H2,1-2H3,(H,36,38)(H,39,45)/t20-/m0/s1. The van der Waals surface area contributed by atoms with E-state index in [9.17, 15) is 14.7 Å². The van der Waals surface area contributed by atoms with Crippen molar-refractivity contribution in [2.45, 2.75) is 57.8 Å². The number of carbonyl (C=O) groups excluding carboxylic acids is 1. The van der Waals surface area contributed by atoms with Crippen molar-refractivity contribution in [2.24, 2.45) is 7.05 Å². The molecule has 1 atom stereocenters. The summed E-state index contributed by atoms with van der Waals surface area (Å²) < 4.78 is 6.88. The Labute approximate surface area is 282 Å². The zero-order valence-corrected chi connectivity index (χ0v) is 27.9. The van der Waals surface area contributed by atoms with Crippen LogP contribution < -0.4 is 26.2 Å². The molecule has 13 nitrogen and oxygen atoms in total. The molecular weight excluding hydrogens is 631 g/mol. The molecule has 48 heavy (non-hydrogen) atoms. The van der Waals surface area contributed by atoms with Crippen LogP contribution in [0.2, 0.25) is 0 Å². The molecule has 1 aliphatic carbocycles. The molecule has 7 heterocycles. The maximum Gasteiger partial charge on any atom is 0.280 e. The summed E-state index contributed by atoms with van der Waals surface area (Å²) >= 11 is 1.60. The van der Waals surface area contributed by atoms with Gasteiger partial charge >= 0.3 is 0 Å². The summed E-state index contributed by atoms with van der Waals surface area (Å²) in [4.78, 5) is 47.2. The van der Waals surface area contributed by atoms with Crippen molar-refractivity contribution in [1.82, 2.24) is 29.8 Å². The number of piperazine rings is 1. The van der Waals surface area contributed by atoms with Crippen LogP contribution in [-0.2, 0) is 37.8 Å². The van der Waals surface area contributed by atoms with E-state index < -0.39 is 0 Å². The van der Waals surface area contributed by atoms with Gasteiger partial charge in [0.1, 0.15) is 17.3 Å². The number of fused-ring (bicyclic) bond motifs is 3. The lowest BCUT2D eigenvalue weighted by molar-refractivity contribution is -0.0692. The number of nitrogens with zero attached hydrogens (tertiary/aromatic N) is 7. The smallest absolute Gasteiger partial charge is 0.280 e. The third-order valence-electron chi connectivity index (χ3n) is 9.97. The predicted octanol–water partition coefficient (Wildman–Crippen LogP) is 2.99. The maximum absolute atomic E-state index is 13.3. The number of ether oxygens (including phenoxy) is 1. The van der Waals surface area contributed by atoms with Gasteiger partial charge in [0.05, 0.1) is 49.7 Å². The second-order valence-electron chi connectivity index (χ2n) is 13.0. The molecule has 0 spiro atoms.